The number of carboxylic acids is 1. The zero-order valence-electron chi connectivity index (χ0n) is 6.18. The molecule has 0 aliphatic carbocycles. The predicted octanol–water partition coefficient (Wildman–Crippen LogP) is 0.0760. The fourth-order valence-electron chi connectivity index (χ4n) is 0.691. The zero-order chi connectivity index (χ0) is 7.98. The van der Waals surface area contributed by atoms with E-state index in [9.17, 15) is 4.79 Å². The second kappa shape index (κ2) is 5.11. The van der Waals surface area contributed by atoms with Gasteiger partial charge in [0.15, 0.2) is 6.04 Å². The number of hydrogen-bond acceptors (Lipinski definition) is 1. The molecule has 0 aromatic carbocycles. The lowest BCUT2D eigenvalue weighted by Crippen LogP contribution is -2.64. The van der Waals surface area contributed by atoms with Gasteiger partial charge < -0.3 is 10.8 Å². The molecule has 0 saturated heterocycles. The summed E-state index contributed by atoms with van der Waals surface area (Å²) in [5.74, 6) is -0.802. The SMILES string of the molecule is [CH2+]CCCC[C@H]([NH3+])C(=O)O. The van der Waals surface area contributed by atoms with Gasteiger partial charge in [0, 0.05) is 6.42 Å². The lowest BCUT2D eigenvalue weighted by atomic mass is 10.1. The van der Waals surface area contributed by atoms with Crippen LogP contribution in [0.15, 0.2) is 0 Å². The summed E-state index contributed by atoms with van der Waals surface area (Å²) in [5.41, 5.74) is 3.49. The Hall–Kier alpha value is -0.700. The monoisotopic (exact) mass is 145 g/mol. The maximum atomic E-state index is 10.2. The highest BCUT2D eigenvalue weighted by Crippen LogP contribution is 1.99. The van der Waals surface area contributed by atoms with Crippen molar-refractivity contribution in [2.45, 2.75) is 31.7 Å². The Morgan fingerprint density at radius 3 is 2.60 bits per heavy atom. The van der Waals surface area contributed by atoms with E-state index in [2.05, 4.69) is 12.7 Å². The fraction of sp³-hybridized carbons (Fsp3) is 0.714. The van der Waals surface area contributed by atoms with Gasteiger partial charge in [0.05, 0.1) is 13.3 Å². The van der Waals surface area contributed by atoms with E-state index in [1.807, 2.05) is 0 Å². The van der Waals surface area contributed by atoms with Gasteiger partial charge in [-0.25, -0.2) is 4.79 Å². The highest BCUT2D eigenvalue weighted by molar-refractivity contribution is 5.71. The molecule has 0 radical (unpaired) electrons. The third kappa shape index (κ3) is 4.21. The van der Waals surface area contributed by atoms with Crippen molar-refractivity contribution >= 4 is 5.97 Å². The van der Waals surface area contributed by atoms with Gasteiger partial charge in [0.1, 0.15) is 0 Å². The normalized spacial score (nSPS) is 12.9. The molecule has 0 fully saturated rings. The van der Waals surface area contributed by atoms with Crippen LogP contribution in [0, 0.1) is 6.92 Å². The first-order chi connectivity index (χ1) is 4.68. The minimum Gasteiger partial charge on any atom is -0.477 e. The van der Waals surface area contributed by atoms with Crippen LogP contribution in [0.2, 0.25) is 0 Å². The Bertz CT molecular complexity index is 104. The number of aliphatic carboxylic acids is 1. The molecule has 0 aliphatic rings. The topological polar surface area (TPSA) is 64.9 Å². The first kappa shape index (κ1) is 9.30. The minimum atomic E-state index is -0.802. The van der Waals surface area contributed by atoms with Crippen molar-refractivity contribution in [3.8, 4) is 0 Å². The molecule has 3 nitrogen and oxygen atoms in total. The molecule has 0 spiro atoms. The average Bonchev–Trinajstić information content (AvgIpc) is 1.88. The van der Waals surface area contributed by atoms with Gasteiger partial charge in [-0.05, 0) is 12.8 Å². The van der Waals surface area contributed by atoms with Crippen molar-refractivity contribution < 1.29 is 15.6 Å². The molecule has 0 aromatic rings. The van der Waals surface area contributed by atoms with Crippen LogP contribution in [-0.2, 0) is 4.79 Å². The van der Waals surface area contributed by atoms with Crippen LogP contribution in [0.3, 0.4) is 0 Å². The highest BCUT2D eigenvalue weighted by atomic mass is 16.4. The van der Waals surface area contributed by atoms with Crippen LogP contribution >= 0.6 is 0 Å². The Morgan fingerprint density at radius 2 is 2.20 bits per heavy atom. The molecule has 1 atom stereocenters. The number of hydrogen-bond donors (Lipinski definition) is 2. The van der Waals surface area contributed by atoms with E-state index in [0.717, 1.165) is 19.3 Å². The molecule has 4 N–H and O–H groups in total. The minimum absolute atomic E-state index is 0.438. The highest BCUT2D eigenvalue weighted by Gasteiger charge is 2.13. The molecule has 0 rings (SSSR count). The quantitative estimate of drug-likeness (QED) is 0.425. The molecule has 0 bridgehead atoms. The van der Waals surface area contributed by atoms with Gasteiger partial charge in [-0.1, -0.05) is 0 Å². The number of rotatable bonds is 5. The van der Waals surface area contributed by atoms with Crippen LogP contribution in [0.4, 0.5) is 0 Å². The molecule has 58 valence electrons. The summed E-state index contributed by atoms with van der Waals surface area (Å²) in [4.78, 5) is 10.2. The number of carbonyl (C=O) groups is 1. The number of unbranched alkanes of at least 4 members (excludes halogenated alkanes) is 2. The third-order valence-electron chi connectivity index (χ3n) is 1.40. The summed E-state index contributed by atoms with van der Waals surface area (Å²) >= 11 is 0. The molecule has 3 heteroatoms. The van der Waals surface area contributed by atoms with E-state index in [-0.39, 0.29) is 0 Å². The summed E-state index contributed by atoms with van der Waals surface area (Å²) in [5, 5.41) is 8.40. The first-order valence-electron chi connectivity index (χ1n) is 3.53. The van der Waals surface area contributed by atoms with Crippen LogP contribution in [0.1, 0.15) is 25.7 Å². The van der Waals surface area contributed by atoms with E-state index in [1.54, 1.807) is 0 Å². The molecule has 0 aromatic heterocycles. The largest absolute Gasteiger partial charge is 0.477 e. The van der Waals surface area contributed by atoms with E-state index < -0.39 is 12.0 Å². The molecule has 0 heterocycles. The molecule has 0 amide bonds. The third-order valence-corrected chi connectivity index (χ3v) is 1.40. The Balaban J connectivity index is 3.21. The van der Waals surface area contributed by atoms with Gasteiger partial charge in [-0.2, -0.15) is 0 Å². The van der Waals surface area contributed by atoms with Crippen LogP contribution in [0.25, 0.3) is 0 Å². The standard InChI is InChI=1S/C7H13NO2/c1-2-3-4-5-6(8)7(9)10/h6H,1-5,8H2/p+2/t6-/m0/s1. The van der Waals surface area contributed by atoms with Crippen molar-refractivity contribution in [3.63, 3.8) is 0 Å². The zero-order valence-corrected chi connectivity index (χ0v) is 6.18. The van der Waals surface area contributed by atoms with Crippen LogP contribution in [-0.4, -0.2) is 17.1 Å². The summed E-state index contributed by atoms with van der Waals surface area (Å²) in [7, 11) is 0. The lowest BCUT2D eigenvalue weighted by Gasteiger charge is -1.99. The van der Waals surface area contributed by atoms with Crippen molar-refractivity contribution in [1.82, 2.24) is 0 Å². The smallest absolute Gasteiger partial charge is 0.362 e. The number of carboxylic acid groups (broad SMARTS) is 1. The lowest BCUT2D eigenvalue weighted by molar-refractivity contribution is -0.409. The fourth-order valence-corrected chi connectivity index (χ4v) is 0.691. The van der Waals surface area contributed by atoms with E-state index in [4.69, 9.17) is 5.11 Å². The Kier molecular flexibility index (Phi) is 4.76. The van der Waals surface area contributed by atoms with Crippen LogP contribution in [0.5, 0.6) is 0 Å². The second-order valence-corrected chi connectivity index (χ2v) is 2.38. The van der Waals surface area contributed by atoms with Gasteiger partial charge in [-0.3, -0.25) is 0 Å². The summed E-state index contributed by atoms with van der Waals surface area (Å²) in [6.07, 6.45) is 3.47. The molecule has 10 heavy (non-hydrogen) atoms. The number of quaternary nitrogens is 1. The van der Waals surface area contributed by atoms with Gasteiger partial charge >= 0.3 is 5.97 Å². The average molecular weight is 145 g/mol. The van der Waals surface area contributed by atoms with Crippen molar-refractivity contribution in [1.29, 1.82) is 0 Å². The molecule has 0 unspecified atom stereocenters. The van der Waals surface area contributed by atoms with E-state index in [1.165, 1.54) is 0 Å². The summed E-state index contributed by atoms with van der Waals surface area (Å²) in [6, 6.07) is -0.438. The second-order valence-electron chi connectivity index (χ2n) is 2.38. The molecular weight excluding hydrogens is 130 g/mol. The first-order valence-corrected chi connectivity index (χ1v) is 3.53. The summed E-state index contributed by atoms with van der Waals surface area (Å²) < 4.78 is 0. The molecular formula is C7H15NO2+2. The van der Waals surface area contributed by atoms with E-state index in [0.29, 0.717) is 6.42 Å². The van der Waals surface area contributed by atoms with E-state index >= 15 is 0 Å². The predicted molar refractivity (Wildman–Crippen MR) is 38.1 cm³/mol. The van der Waals surface area contributed by atoms with Gasteiger partial charge in [0.2, 0.25) is 0 Å². The summed E-state index contributed by atoms with van der Waals surface area (Å²) in [6.45, 7) is 3.66. The Labute approximate surface area is 61.2 Å². The van der Waals surface area contributed by atoms with Crippen LogP contribution < -0.4 is 5.73 Å². The van der Waals surface area contributed by atoms with Crippen molar-refractivity contribution in [3.05, 3.63) is 6.92 Å². The molecule has 0 saturated carbocycles. The Morgan fingerprint density at radius 1 is 1.60 bits per heavy atom. The van der Waals surface area contributed by atoms with Gasteiger partial charge in [-0.15, -0.1) is 0 Å². The van der Waals surface area contributed by atoms with Gasteiger partial charge in [0.25, 0.3) is 0 Å². The maximum absolute atomic E-state index is 10.2. The maximum Gasteiger partial charge on any atom is 0.362 e. The molecule has 0 aliphatic heterocycles. The van der Waals surface area contributed by atoms with Crippen molar-refractivity contribution in [2.24, 2.45) is 0 Å². The van der Waals surface area contributed by atoms with Crippen molar-refractivity contribution in [2.75, 3.05) is 0 Å².